The predicted octanol–water partition coefficient (Wildman–Crippen LogP) is 4.14. The van der Waals surface area contributed by atoms with Crippen molar-refractivity contribution >= 4 is 22.5 Å². The highest BCUT2D eigenvalue weighted by atomic mass is 28.4. The number of amides is 1. The number of ether oxygens (including phenoxy) is 1. The number of rotatable bonds is 5. The highest BCUT2D eigenvalue weighted by Gasteiger charge is 2.38. The third-order valence-corrected chi connectivity index (χ3v) is 9.50. The zero-order chi connectivity index (χ0) is 21.0. The molecule has 0 unspecified atom stereocenters. The fraction of sp³-hybridized carbons (Fsp3) is 0.842. The molecule has 152 valence electrons. The number of carbonyl (C=O) groups is 1. The summed E-state index contributed by atoms with van der Waals surface area (Å²) in [6.45, 7) is 22.6. The first-order chi connectivity index (χ1) is 11.3. The van der Waals surface area contributed by atoms with Crippen molar-refractivity contribution in [2.75, 3.05) is 6.61 Å². The van der Waals surface area contributed by atoms with Gasteiger partial charge in [0.15, 0.2) is 8.32 Å². The summed E-state index contributed by atoms with van der Waals surface area (Å²) in [7, 11) is -3.64. The van der Waals surface area contributed by atoms with Gasteiger partial charge < -0.3 is 19.6 Å². The van der Waals surface area contributed by atoms with Crippen LogP contribution in [0.25, 0.3) is 0 Å². The number of alkyl carbamates (subject to hydrolysis) is 1. The zero-order valence-electron chi connectivity index (χ0n) is 18.5. The Morgan fingerprint density at radius 1 is 1.08 bits per heavy atom. The van der Waals surface area contributed by atoms with E-state index in [0.717, 1.165) is 0 Å². The molecule has 5 nitrogen and oxygen atoms in total. The molecule has 7 heteroatoms. The summed E-state index contributed by atoms with van der Waals surface area (Å²) >= 11 is 0. The number of nitrogens with one attached hydrogen (secondary N) is 1. The average molecular weight is 402 g/mol. The van der Waals surface area contributed by atoms with Gasteiger partial charge in [-0.25, -0.2) is 4.79 Å². The number of carbonyl (C=O) groups excluding carboxylic acids is 1. The molecule has 0 saturated heterocycles. The lowest BCUT2D eigenvalue weighted by molar-refractivity contribution is 0.0418. The van der Waals surface area contributed by atoms with E-state index in [1.54, 1.807) is 20.8 Å². The largest absolute Gasteiger partial charge is 0.444 e. The Kier molecular flexibility index (Phi) is 8.64. The van der Waals surface area contributed by atoms with E-state index in [4.69, 9.17) is 9.16 Å². The molecule has 0 aliphatic rings. The van der Waals surface area contributed by atoms with Crippen molar-refractivity contribution in [3.05, 3.63) is 0 Å². The van der Waals surface area contributed by atoms with Gasteiger partial charge in [0.1, 0.15) is 19.8 Å². The highest BCUT2D eigenvalue weighted by Crippen LogP contribution is 2.36. The average Bonchev–Trinajstić information content (AvgIpc) is 2.36. The van der Waals surface area contributed by atoms with Crippen LogP contribution in [0.5, 0.6) is 0 Å². The number of aliphatic hydroxyl groups is 1. The van der Waals surface area contributed by atoms with Crippen molar-refractivity contribution in [2.45, 2.75) is 97.1 Å². The van der Waals surface area contributed by atoms with Crippen molar-refractivity contribution in [1.29, 1.82) is 0 Å². The van der Waals surface area contributed by atoms with Crippen LogP contribution < -0.4 is 5.32 Å². The van der Waals surface area contributed by atoms with Crippen LogP contribution in [-0.2, 0) is 9.16 Å². The maximum Gasteiger partial charge on any atom is 0.408 e. The van der Waals surface area contributed by atoms with Gasteiger partial charge in [-0.1, -0.05) is 46.3 Å². The Bertz CT molecular complexity index is 531. The summed E-state index contributed by atoms with van der Waals surface area (Å²) in [5.74, 6) is 2.90. The van der Waals surface area contributed by atoms with Crippen LogP contribution in [-0.4, -0.2) is 51.9 Å². The first-order valence-electron chi connectivity index (χ1n) is 9.18. The van der Waals surface area contributed by atoms with Gasteiger partial charge in [-0.05, 0) is 38.9 Å². The highest BCUT2D eigenvalue weighted by molar-refractivity contribution is 6.83. The van der Waals surface area contributed by atoms with Crippen molar-refractivity contribution < 1.29 is 19.1 Å². The van der Waals surface area contributed by atoms with Gasteiger partial charge >= 0.3 is 6.09 Å². The second kappa shape index (κ2) is 8.92. The number of aliphatic hydroxyl groups excluding tert-OH is 1. The summed E-state index contributed by atoms with van der Waals surface area (Å²) in [6, 6.07) is -0.636. The first kappa shape index (κ1) is 25.2. The van der Waals surface area contributed by atoms with Crippen LogP contribution in [0.4, 0.5) is 4.79 Å². The van der Waals surface area contributed by atoms with Crippen LogP contribution in [0.1, 0.15) is 41.5 Å². The Labute approximate surface area is 162 Å². The summed E-state index contributed by atoms with van der Waals surface area (Å²) in [4.78, 5) is 12.2. The SMILES string of the molecule is CC(C)(C)OC(=O)N[C@@H](CO[Si](C)(C)C(C)(C)C)[C@H](O)C#C[Si](C)(C)C. The normalized spacial score (nSPS) is 15.5. The van der Waals surface area contributed by atoms with Gasteiger partial charge in [0, 0.05) is 0 Å². The summed E-state index contributed by atoms with van der Waals surface area (Å²) in [6.07, 6.45) is -1.57. The monoisotopic (exact) mass is 401 g/mol. The number of hydrogen-bond acceptors (Lipinski definition) is 4. The topological polar surface area (TPSA) is 67.8 Å². The lowest BCUT2D eigenvalue weighted by Gasteiger charge is -2.37. The summed E-state index contributed by atoms with van der Waals surface area (Å²) in [5, 5.41) is 13.3. The van der Waals surface area contributed by atoms with E-state index in [9.17, 15) is 9.90 Å². The maximum absolute atomic E-state index is 12.2. The fourth-order valence-corrected chi connectivity index (χ4v) is 3.19. The molecule has 0 rings (SSSR count). The van der Waals surface area contributed by atoms with Gasteiger partial charge in [-0.3, -0.25) is 0 Å². The van der Waals surface area contributed by atoms with E-state index < -0.39 is 40.2 Å². The standard InChI is InChI=1S/C19H39NO4Si2/c1-18(2,3)24-17(22)20-15(16(21)12-13-25(7,8)9)14-23-26(10,11)19(4,5)6/h15-16,21H,14H2,1-11H3,(H,20,22)/t15-,16+/m0/s1. The minimum Gasteiger partial charge on any atom is -0.444 e. The molecule has 0 radical (unpaired) electrons. The van der Waals surface area contributed by atoms with Crippen molar-refractivity contribution in [2.24, 2.45) is 0 Å². The Morgan fingerprint density at radius 3 is 1.96 bits per heavy atom. The quantitative estimate of drug-likeness (QED) is 0.536. The molecular weight excluding hydrogens is 362 g/mol. The molecule has 26 heavy (non-hydrogen) atoms. The zero-order valence-corrected chi connectivity index (χ0v) is 20.5. The van der Waals surface area contributed by atoms with E-state index in [0.29, 0.717) is 0 Å². The van der Waals surface area contributed by atoms with E-state index in [1.165, 1.54) is 0 Å². The van der Waals surface area contributed by atoms with Crippen molar-refractivity contribution in [3.8, 4) is 11.5 Å². The summed E-state index contributed by atoms with van der Waals surface area (Å²) < 4.78 is 11.5. The van der Waals surface area contributed by atoms with E-state index >= 15 is 0 Å². The smallest absolute Gasteiger partial charge is 0.408 e. The van der Waals surface area contributed by atoms with Gasteiger partial charge in [-0.15, -0.1) is 5.54 Å². The maximum atomic E-state index is 12.2. The van der Waals surface area contributed by atoms with Gasteiger partial charge in [0.05, 0.1) is 12.6 Å². The molecule has 0 aliphatic carbocycles. The molecular formula is C19H39NO4Si2. The molecule has 2 N–H and O–H groups in total. The van der Waals surface area contributed by atoms with Crippen molar-refractivity contribution in [3.63, 3.8) is 0 Å². The molecule has 0 aromatic heterocycles. The Balaban J connectivity index is 5.28. The van der Waals surface area contributed by atoms with Crippen molar-refractivity contribution in [1.82, 2.24) is 5.32 Å². The number of hydrogen-bond donors (Lipinski definition) is 2. The molecule has 1 amide bonds. The molecule has 0 spiro atoms. The minimum absolute atomic E-state index is 0.0401. The van der Waals surface area contributed by atoms with Crippen LogP contribution in [0.2, 0.25) is 37.8 Å². The molecule has 0 aliphatic heterocycles. The summed E-state index contributed by atoms with van der Waals surface area (Å²) in [5.41, 5.74) is 2.55. The lowest BCUT2D eigenvalue weighted by Crippen LogP contribution is -2.51. The molecule has 0 heterocycles. The van der Waals surface area contributed by atoms with Gasteiger partial charge in [0.2, 0.25) is 0 Å². The van der Waals surface area contributed by atoms with E-state index in [-0.39, 0.29) is 11.6 Å². The Morgan fingerprint density at radius 2 is 1.58 bits per heavy atom. The Hall–Kier alpha value is -0.816. The molecule has 0 saturated carbocycles. The minimum atomic E-state index is -2.01. The third-order valence-electron chi connectivity index (χ3n) is 4.11. The first-order valence-corrected chi connectivity index (χ1v) is 15.6. The van der Waals surface area contributed by atoms with Crippen LogP contribution >= 0.6 is 0 Å². The molecule has 0 bridgehead atoms. The lowest BCUT2D eigenvalue weighted by atomic mass is 10.2. The van der Waals surface area contributed by atoms with Crippen LogP contribution in [0, 0.1) is 11.5 Å². The third kappa shape index (κ3) is 10.4. The molecule has 0 fully saturated rings. The van der Waals surface area contributed by atoms with E-state index in [2.05, 4.69) is 70.3 Å². The second-order valence-electron chi connectivity index (χ2n) is 10.3. The van der Waals surface area contributed by atoms with Crippen LogP contribution in [0.15, 0.2) is 0 Å². The molecule has 0 aromatic carbocycles. The predicted molar refractivity (Wildman–Crippen MR) is 113 cm³/mol. The van der Waals surface area contributed by atoms with Gasteiger partial charge in [-0.2, -0.15) is 0 Å². The second-order valence-corrected chi connectivity index (χ2v) is 19.8. The molecule has 2 atom stereocenters. The van der Waals surface area contributed by atoms with Crippen LogP contribution in [0.3, 0.4) is 0 Å². The van der Waals surface area contributed by atoms with Gasteiger partial charge in [0.25, 0.3) is 0 Å². The fourth-order valence-electron chi connectivity index (χ4n) is 1.58. The van der Waals surface area contributed by atoms with E-state index in [1.807, 2.05) is 0 Å². The molecule has 0 aromatic rings.